The van der Waals surface area contributed by atoms with Gasteiger partial charge in [-0.25, -0.2) is 9.78 Å². The van der Waals surface area contributed by atoms with Crippen molar-refractivity contribution < 1.29 is 14.3 Å². The summed E-state index contributed by atoms with van der Waals surface area (Å²) in [5, 5.41) is 0. The van der Waals surface area contributed by atoms with Crippen molar-refractivity contribution >= 4 is 17.4 Å². The van der Waals surface area contributed by atoms with Crippen LogP contribution in [-0.2, 0) is 11.3 Å². The Labute approximate surface area is 145 Å². The molecule has 25 heavy (non-hydrogen) atoms. The smallest absolute Gasteiger partial charge is 0.359 e. The second-order valence-electron chi connectivity index (χ2n) is 5.78. The Balaban J connectivity index is 1.70. The Morgan fingerprint density at radius 3 is 2.84 bits per heavy atom. The van der Waals surface area contributed by atoms with Crippen LogP contribution in [-0.4, -0.2) is 32.3 Å². The standard InChI is InChI=1S/C19H19N3O3/c1-4-8-22-13(2)10-15(14(22)3)17(23)12-25-19(24)16-11-21-9-6-5-7-18(21)20-16/h4-7,9-11H,1,8,12H2,2-3H3. The minimum Gasteiger partial charge on any atom is -0.453 e. The molecule has 0 aromatic carbocycles. The third kappa shape index (κ3) is 3.24. The summed E-state index contributed by atoms with van der Waals surface area (Å²) in [6.07, 6.45) is 5.15. The molecule has 0 aliphatic heterocycles. The predicted octanol–water partition coefficient (Wildman–Crippen LogP) is 2.98. The Hall–Kier alpha value is -3.15. The number of hydrogen-bond donors (Lipinski definition) is 0. The number of nitrogens with zero attached hydrogens (tertiary/aromatic N) is 3. The lowest BCUT2D eigenvalue weighted by atomic mass is 10.1. The van der Waals surface area contributed by atoms with Crippen LogP contribution in [0.15, 0.2) is 49.3 Å². The van der Waals surface area contributed by atoms with Gasteiger partial charge in [-0.3, -0.25) is 4.79 Å². The number of esters is 1. The van der Waals surface area contributed by atoms with Crippen molar-refractivity contribution in [1.82, 2.24) is 14.0 Å². The molecule has 0 radical (unpaired) electrons. The van der Waals surface area contributed by atoms with Gasteiger partial charge in [0.2, 0.25) is 5.78 Å². The molecule has 0 aliphatic carbocycles. The van der Waals surface area contributed by atoms with Crippen LogP contribution < -0.4 is 0 Å². The van der Waals surface area contributed by atoms with Gasteiger partial charge in [-0.1, -0.05) is 12.1 Å². The lowest BCUT2D eigenvalue weighted by Gasteiger charge is -2.06. The highest BCUT2D eigenvalue weighted by atomic mass is 16.5. The van der Waals surface area contributed by atoms with Gasteiger partial charge in [0.05, 0.1) is 0 Å². The summed E-state index contributed by atoms with van der Waals surface area (Å²) in [5.41, 5.74) is 3.19. The molecular weight excluding hydrogens is 318 g/mol. The highest BCUT2D eigenvalue weighted by Crippen LogP contribution is 2.16. The Morgan fingerprint density at radius 2 is 2.12 bits per heavy atom. The van der Waals surface area contributed by atoms with E-state index in [9.17, 15) is 9.59 Å². The van der Waals surface area contributed by atoms with E-state index in [4.69, 9.17) is 4.74 Å². The second kappa shape index (κ2) is 6.76. The van der Waals surface area contributed by atoms with E-state index in [1.807, 2.05) is 30.5 Å². The lowest BCUT2D eigenvalue weighted by Crippen LogP contribution is -2.15. The molecule has 6 nitrogen and oxygen atoms in total. The summed E-state index contributed by atoms with van der Waals surface area (Å²) in [4.78, 5) is 28.7. The van der Waals surface area contributed by atoms with Crippen LogP contribution in [0.5, 0.6) is 0 Å². The normalized spacial score (nSPS) is 10.8. The highest BCUT2D eigenvalue weighted by Gasteiger charge is 2.18. The maximum absolute atomic E-state index is 12.4. The van der Waals surface area contributed by atoms with Gasteiger partial charge in [0.15, 0.2) is 12.3 Å². The fourth-order valence-corrected chi connectivity index (χ4v) is 2.81. The molecule has 0 bridgehead atoms. The lowest BCUT2D eigenvalue weighted by molar-refractivity contribution is 0.0469. The zero-order chi connectivity index (χ0) is 18.0. The molecular formula is C19H19N3O3. The molecule has 0 aliphatic rings. The van der Waals surface area contributed by atoms with Gasteiger partial charge >= 0.3 is 5.97 Å². The minimum atomic E-state index is -0.614. The summed E-state index contributed by atoms with van der Waals surface area (Å²) in [6.45, 7) is 7.83. The SMILES string of the molecule is C=CCn1c(C)cc(C(=O)COC(=O)c2cn3ccccc3n2)c1C. The van der Waals surface area contributed by atoms with Gasteiger partial charge in [-0.15, -0.1) is 6.58 Å². The molecule has 3 aromatic rings. The van der Waals surface area contributed by atoms with Crippen molar-refractivity contribution in [1.29, 1.82) is 0 Å². The minimum absolute atomic E-state index is 0.177. The molecule has 0 saturated carbocycles. The first-order valence-electron chi connectivity index (χ1n) is 7.93. The van der Waals surface area contributed by atoms with Crippen molar-refractivity contribution in [2.45, 2.75) is 20.4 Å². The summed E-state index contributed by atoms with van der Waals surface area (Å²) < 4.78 is 8.86. The van der Waals surface area contributed by atoms with Crippen LogP contribution >= 0.6 is 0 Å². The molecule has 0 fully saturated rings. The van der Waals surface area contributed by atoms with Gasteiger partial charge in [0.25, 0.3) is 0 Å². The summed E-state index contributed by atoms with van der Waals surface area (Å²) in [6, 6.07) is 7.27. The molecule has 0 amide bonds. The average Bonchev–Trinajstić information content (AvgIpc) is 3.16. The van der Waals surface area contributed by atoms with E-state index >= 15 is 0 Å². The Bertz CT molecular complexity index is 933. The first-order chi connectivity index (χ1) is 12.0. The van der Waals surface area contributed by atoms with Crippen molar-refractivity contribution in [2.75, 3.05) is 6.61 Å². The topological polar surface area (TPSA) is 65.6 Å². The third-order valence-corrected chi connectivity index (χ3v) is 4.09. The molecule has 3 rings (SSSR count). The molecule has 0 N–H and O–H groups in total. The van der Waals surface area contributed by atoms with Crippen LogP contribution in [0.1, 0.15) is 32.2 Å². The van der Waals surface area contributed by atoms with Crippen LogP contribution in [0, 0.1) is 13.8 Å². The molecule has 3 heterocycles. The molecule has 0 spiro atoms. The molecule has 0 atom stereocenters. The number of carbonyl (C=O) groups excluding carboxylic acids is 2. The maximum atomic E-state index is 12.4. The largest absolute Gasteiger partial charge is 0.453 e. The third-order valence-electron chi connectivity index (χ3n) is 4.09. The first kappa shape index (κ1) is 16.7. The van der Waals surface area contributed by atoms with Crippen molar-refractivity contribution in [3.05, 3.63) is 72.0 Å². The number of imidazole rings is 1. The molecule has 128 valence electrons. The van der Waals surface area contributed by atoms with Crippen LogP contribution in [0.3, 0.4) is 0 Å². The average molecular weight is 337 g/mol. The zero-order valence-electron chi connectivity index (χ0n) is 14.2. The zero-order valence-corrected chi connectivity index (χ0v) is 14.2. The molecule has 3 aromatic heterocycles. The number of ketones is 1. The van der Waals surface area contributed by atoms with E-state index in [1.54, 1.807) is 35.0 Å². The molecule has 0 saturated heterocycles. The maximum Gasteiger partial charge on any atom is 0.359 e. The van der Waals surface area contributed by atoms with Crippen LogP contribution in [0.25, 0.3) is 5.65 Å². The first-order valence-corrected chi connectivity index (χ1v) is 7.93. The highest BCUT2D eigenvalue weighted by molar-refractivity contribution is 6.00. The van der Waals surface area contributed by atoms with Gasteiger partial charge in [0.1, 0.15) is 5.65 Å². The quantitative estimate of drug-likeness (QED) is 0.394. The van der Waals surface area contributed by atoms with E-state index in [0.29, 0.717) is 17.8 Å². The summed E-state index contributed by atoms with van der Waals surface area (Å²) in [7, 11) is 0. The number of allylic oxidation sites excluding steroid dienone is 1. The van der Waals surface area contributed by atoms with E-state index in [0.717, 1.165) is 11.4 Å². The van der Waals surface area contributed by atoms with E-state index in [1.165, 1.54) is 0 Å². The molecule has 6 heteroatoms. The number of aromatic nitrogens is 3. The number of hydrogen-bond acceptors (Lipinski definition) is 4. The fourth-order valence-electron chi connectivity index (χ4n) is 2.81. The number of Topliss-reactive ketones (excluding diaryl/α,β-unsaturated/α-hetero) is 1. The Morgan fingerprint density at radius 1 is 1.32 bits per heavy atom. The number of carbonyl (C=O) groups is 2. The Kier molecular flexibility index (Phi) is 4.52. The fraction of sp³-hybridized carbons (Fsp3) is 0.211. The number of fused-ring (bicyclic) bond motifs is 1. The van der Waals surface area contributed by atoms with Crippen molar-refractivity contribution in [3.8, 4) is 0 Å². The monoisotopic (exact) mass is 337 g/mol. The van der Waals surface area contributed by atoms with Gasteiger partial charge in [0, 0.05) is 35.9 Å². The van der Waals surface area contributed by atoms with E-state index < -0.39 is 5.97 Å². The number of pyridine rings is 1. The van der Waals surface area contributed by atoms with Crippen molar-refractivity contribution in [3.63, 3.8) is 0 Å². The van der Waals surface area contributed by atoms with Crippen LogP contribution in [0.4, 0.5) is 0 Å². The van der Waals surface area contributed by atoms with Gasteiger partial charge in [-0.2, -0.15) is 0 Å². The van der Waals surface area contributed by atoms with Crippen LogP contribution in [0.2, 0.25) is 0 Å². The molecule has 0 unspecified atom stereocenters. The predicted molar refractivity (Wildman–Crippen MR) is 93.9 cm³/mol. The van der Waals surface area contributed by atoms with Gasteiger partial charge < -0.3 is 13.7 Å². The second-order valence-corrected chi connectivity index (χ2v) is 5.78. The summed E-state index contributed by atoms with van der Waals surface area (Å²) >= 11 is 0. The van der Waals surface area contributed by atoms with Gasteiger partial charge in [-0.05, 0) is 32.0 Å². The number of rotatable bonds is 6. The number of aryl methyl sites for hydroxylation is 1. The number of ether oxygens (including phenoxy) is 1. The van der Waals surface area contributed by atoms with Crippen molar-refractivity contribution in [2.24, 2.45) is 0 Å². The van der Waals surface area contributed by atoms with E-state index in [-0.39, 0.29) is 18.1 Å². The van der Waals surface area contributed by atoms with E-state index in [2.05, 4.69) is 11.6 Å². The summed E-state index contributed by atoms with van der Waals surface area (Å²) in [5.74, 6) is -0.850.